The maximum absolute atomic E-state index is 12.8. The second kappa shape index (κ2) is 7.76. The van der Waals surface area contributed by atoms with E-state index in [9.17, 15) is 14.3 Å². The van der Waals surface area contributed by atoms with Crippen LogP contribution in [0.5, 0.6) is 5.75 Å². The highest BCUT2D eigenvalue weighted by molar-refractivity contribution is 5.87. The van der Waals surface area contributed by atoms with Gasteiger partial charge in [0, 0.05) is 11.9 Å². The molecule has 1 heterocycles. The lowest BCUT2D eigenvalue weighted by molar-refractivity contribution is -0.121. The Bertz CT molecular complexity index is 848. The van der Waals surface area contributed by atoms with E-state index in [1.165, 1.54) is 24.3 Å². The Labute approximate surface area is 143 Å². The van der Waals surface area contributed by atoms with Gasteiger partial charge in [0.25, 0.3) is 0 Å². The molecule has 0 aliphatic carbocycles. The fourth-order valence-corrected chi connectivity index (χ4v) is 2.39. The molecule has 1 amide bonds. The Morgan fingerprint density at radius 3 is 2.80 bits per heavy atom. The fourth-order valence-electron chi connectivity index (χ4n) is 2.39. The molecule has 0 spiro atoms. The smallest absolute Gasteiger partial charge is 0.226 e. The van der Waals surface area contributed by atoms with Crippen molar-refractivity contribution < 1.29 is 19.0 Å². The van der Waals surface area contributed by atoms with Gasteiger partial charge in [-0.3, -0.25) is 9.89 Å². The molecular weight excluding hydrogens is 325 g/mol. The molecule has 0 radical (unpaired) electrons. The summed E-state index contributed by atoms with van der Waals surface area (Å²) in [6.45, 7) is 0.0605. The van der Waals surface area contributed by atoms with Gasteiger partial charge in [0.15, 0.2) is 0 Å². The molecule has 0 saturated carbocycles. The minimum atomic E-state index is -0.868. The van der Waals surface area contributed by atoms with Crippen LogP contribution in [0.1, 0.15) is 5.69 Å². The first-order valence-corrected chi connectivity index (χ1v) is 7.87. The average Bonchev–Trinajstić information content (AvgIpc) is 3.02. The summed E-state index contributed by atoms with van der Waals surface area (Å²) < 4.78 is 18.1. The maximum Gasteiger partial charge on any atom is 0.226 e. The Balaban J connectivity index is 1.44. The summed E-state index contributed by atoms with van der Waals surface area (Å²) in [5.41, 5.74) is 1.53. The number of H-pyrrole nitrogens is 1. The molecule has 130 valence electrons. The Morgan fingerprint density at radius 1 is 1.24 bits per heavy atom. The molecule has 7 heteroatoms. The number of aromatic amines is 1. The number of nitrogens with one attached hydrogen (secondary N) is 2. The van der Waals surface area contributed by atoms with Crippen molar-refractivity contribution in [3.05, 3.63) is 60.0 Å². The zero-order valence-corrected chi connectivity index (χ0v) is 13.4. The summed E-state index contributed by atoms with van der Waals surface area (Å²) in [5.74, 6) is -0.127. The van der Waals surface area contributed by atoms with Crippen LogP contribution in [0.15, 0.2) is 48.5 Å². The highest BCUT2D eigenvalue weighted by Crippen LogP contribution is 2.15. The molecule has 3 N–H and O–H groups in total. The van der Waals surface area contributed by atoms with E-state index >= 15 is 0 Å². The van der Waals surface area contributed by atoms with E-state index in [4.69, 9.17) is 4.74 Å². The van der Waals surface area contributed by atoms with E-state index in [1.54, 1.807) is 0 Å². The van der Waals surface area contributed by atoms with Crippen molar-refractivity contribution in [1.82, 2.24) is 15.5 Å². The summed E-state index contributed by atoms with van der Waals surface area (Å²) >= 11 is 0. The van der Waals surface area contributed by atoms with Crippen LogP contribution in [0.3, 0.4) is 0 Å². The van der Waals surface area contributed by atoms with E-state index < -0.39 is 6.10 Å². The lowest BCUT2D eigenvalue weighted by atomic mass is 10.1. The molecule has 0 aliphatic rings. The molecule has 0 saturated heterocycles. The normalized spacial score (nSPS) is 12.1. The fraction of sp³-hybridized carbons (Fsp3) is 0.222. The molecular formula is C18H18FN3O3. The third kappa shape index (κ3) is 4.54. The second-order valence-corrected chi connectivity index (χ2v) is 5.62. The number of nitrogens with zero attached hydrogens (tertiary/aromatic N) is 1. The van der Waals surface area contributed by atoms with Crippen molar-refractivity contribution >= 4 is 16.8 Å². The van der Waals surface area contributed by atoms with E-state index in [0.717, 1.165) is 16.6 Å². The first-order chi connectivity index (χ1) is 12.1. The first-order valence-electron chi connectivity index (χ1n) is 7.87. The third-order valence-electron chi connectivity index (χ3n) is 3.67. The molecule has 25 heavy (non-hydrogen) atoms. The summed E-state index contributed by atoms with van der Waals surface area (Å²) in [4.78, 5) is 12.0. The van der Waals surface area contributed by atoms with Gasteiger partial charge in [0.2, 0.25) is 5.91 Å². The highest BCUT2D eigenvalue weighted by Gasteiger charge is 2.12. The van der Waals surface area contributed by atoms with Crippen LogP contribution in [-0.4, -0.2) is 40.5 Å². The van der Waals surface area contributed by atoms with Crippen molar-refractivity contribution in [2.24, 2.45) is 0 Å². The number of para-hydroxylation sites is 1. The van der Waals surface area contributed by atoms with Gasteiger partial charge in [-0.2, -0.15) is 5.10 Å². The summed E-state index contributed by atoms with van der Waals surface area (Å²) in [6.07, 6.45) is -0.723. The van der Waals surface area contributed by atoms with Crippen LogP contribution in [-0.2, 0) is 11.2 Å². The maximum atomic E-state index is 12.8. The predicted molar refractivity (Wildman–Crippen MR) is 90.7 cm³/mol. The number of hydrogen-bond acceptors (Lipinski definition) is 4. The number of benzene rings is 2. The number of amides is 1. The quantitative estimate of drug-likeness (QED) is 0.610. The zero-order chi connectivity index (χ0) is 17.6. The predicted octanol–water partition coefficient (Wildman–Crippen LogP) is 1.80. The van der Waals surface area contributed by atoms with Gasteiger partial charge in [-0.25, -0.2) is 4.39 Å². The van der Waals surface area contributed by atoms with Gasteiger partial charge < -0.3 is 15.2 Å². The van der Waals surface area contributed by atoms with Crippen LogP contribution in [0.25, 0.3) is 10.9 Å². The number of fused-ring (bicyclic) bond motifs is 1. The van der Waals surface area contributed by atoms with Crippen molar-refractivity contribution in [2.75, 3.05) is 13.2 Å². The molecule has 1 aromatic heterocycles. The van der Waals surface area contributed by atoms with E-state index in [-0.39, 0.29) is 31.3 Å². The van der Waals surface area contributed by atoms with Crippen molar-refractivity contribution in [3.8, 4) is 5.75 Å². The largest absolute Gasteiger partial charge is 0.491 e. The number of halogens is 1. The molecule has 1 atom stereocenters. The van der Waals surface area contributed by atoms with E-state index in [0.29, 0.717) is 5.75 Å². The van der Waals surface area contributed by atoms with Gasteiger partial charge >= 0.3 is 0 Å². The van der Waals surface area contributed by atoms with Crippen molar-refractivity contribution in [2.45, 2.75) is 12.5 Å². The standard InChI is InChI=1S/C18H18FN3O3/c19-12-5-7-14(8-6-12)25-11-13(23)10-20-18(24)9-17-15-3-1-2-4-16(15)21-22-17/h1-8,13,23H,9-11H2,(H,20,24)(H,21,22)/t13-/m1/s1. The molecule has 2 aromatic carbocycles. The van der Waals surface area contributed by atoms with E-state index in [1.807, 2.05) is 24.3 Å². The van der Waals surface area contributed by atoms with Crippen LogP contribution in [0.2, 0.25) is 0 Å². The van der Waals surface area contributed by atoms with Gasteiger partial charge in [-0.05, 0) is 30.3 Å². The lowest BCUT2D eigenvalue weighted by Gasteiger charge is -2.13. The Hall–Kier alpha value is -2.93. The Kier molecular flexibility index (Phi) is 5.25. The first kappa shape index (κ1) is 16.9. The summed E-state index contributed by atoms with van der Waals surface area (Å²) in [7, 11) is 0. The minimum Gasteiger partial charge on any atom is -0.491 e. The number of carbonyl (C=O) groups excluding carboxylic acids is 1. The monoisotopic (exact) mass is 343 g/mol. The molecule has 6 nitrogen and oxygen atoms in total. The summed E-state index contributed by atoms with van der Waals surface area (Å²) in [6, 6.07) is 13.0. The van der Waals surface area contributed by atoms with Gasteiger partial charge in [0.1, 0.15) is 24.3 Å². The van der Waals surface area contributed by atoms with Crippen LogP contribution >= 0.6 is 0 Å². The Morgan fingerprint density at radius 2 is 2.00 bits per heavy atom. The molecule has 0 fully saturated rings. The third-order valence-corrected chi connectivity index (χ3v) is 3.67. The van der Waals surface area contributed by atoms with Crippen LogP contribution in [0, 0.1) is 5.82 Å². The van der Waals surface area contributed by atoms with Gasteiger partial charge in [-0.15, -0.1) is 0 Å². The number of aliphatic hydroxyl groups is 1. The zero-order valence-electron chi connectivity index (χ0n) is 13.4. The topological polar surface area (TPSA) is 87.2 Å². The van der Waals surface area contributed by atoms with Crippen LogP contribution < -0.4 is 10.1 Å². The summed E-state index contributed by atoms with van der Waals surface area (Å²) in [5, 5.41) is 20.4. The second-order valence-electron chi connectivity index (χ2n) is 5.62. The van der Waals surface area contributed by atoms with Gasteiger partial charge in [0.05, 0.1) is 17.6 Å². The number of ether oxygens (including phenoxy) is 1. The minimum absolute atomic E-state index is 0.00109. The van der Waals surface area contributed by atoms with Crippen molar-refractivity contribution in [3.63, 3.8) is 0 Å². The van der Waals surface area contributed by atoms with E-state index in [2.05, 4.69) is 15.5 Å². The lowest BCUT2D eigenvalue weighted by Crippen LogP contribution is -2.36. The molecule has 3 rings (SSSR count). The number of aromatic nitrogens is 2. The number of aliphatic hydroxyl groups excluding tert-OH is 1. The van der Waals surface area contributed by atoms with Crippen LogP contribution in [0.4, 0.5) is 4.39 Å². The molecule has 0 aliphatic heterocycles. The molecule has 0 unspecified atom stereocenters. The molecule has 0 bridgehead atoms. The average molecular weight is 343 g/mol. The number of hydrogen-bond donors (Lipinski definition) is 3. The number of carbonyl (C=O) groups is 1. The number of rotatable bonds is 7. The highest BCUT2D eigenvalue weighted by atomic mass is 19.1. The van der Waals surface area contributed by atoms with Crippen molar-refractivity contribution in [1.29, 1.82) is 0 Å². The SMILES string of the molecule is O=C(Cc1[nH]nc2ccccc12)NC[C@@H](O)COc1ccc(F)cc1. The molecule has 3 aromatic rings. The van der Waals surface area contributed by atoms with Gasteiger partial charge in [-0.1, -0.05) is 18.2 Å².